The van der Waals surface area contributed by atoms with Crippen LogP contribution in [0.2, 0.25) is 0 Å². The minimum atomic E-state index is 0.580. The molecular formula is C20H16N2O2. The van der Waals surface area contributed by atoms with Crippen molar-refractivity contribution in [3.05, 3.63) is 59.3 Å². The number of hydrogen-bond donors (Lipinski definition) is 0. The van der Waals surface area contributed by atoms with E-state index in [1.54, 1.807) is 14.2 Å². The summed E-state index contributed by atoms with van der Waals surface area (Å²) >= 11 is 0. The van der Waals surface area contributed by atoms with Crippen LogP contribution in [-0.4, -0.2) is 18.8 Å². The Morgan fingerprint density at radius 3 is 2.21 bits per heavy atom. The van der Waals surface area contributed by atoms with Crippen molar-refractivity contribution in [1.82, 2.24) is 4.57 Å². The van der Waals surface area contributed by atoms with Crippen molar-refractivity contribution in [3.8, 4) is 29.4 Å². The van der Waals surface area contributed by atoms with Crippen LogP contribution in [-0.2, 0) is 7.05 Å². The van der Waals surface area contributed by atoms with E-state index in [9.17, 15) is 5.26 Å². The summed E-state index contributed by atoms with van der Waals surface area (Å²) in [5, 5.41) is 10.4. The van der Waals surface area contributed by atoms with Crippen LogP contribution >= 0.6 is 0 Å². The fourth-order valence-electron chi connectivity index (χ4n) is 2.61. The molecule has 118 valence electrons. The second kappa shape index (κ2) is 6.40. The van der Waals surface area contributed by atoms with Gasteiger partial charge in [0.05, 0.1) is 25.3 Å². The number of nitriles is 1. The van der Waals surface area contributed by atoms with E-state index >= 15 is 0 Å². The Kier molecular flexibility index (Phi) is 4.14. The molecule has 3 rings (SSSR count). The van der Waals surface area contributed by atoms with Gasteiger partial charge in [0.1, 0.15) is 23.3 Å². The number of benzene rings is 2. The third kappa shape index (κ3) is 2.66. The van der Waals surface area contributed by atoms with E-state index in [2.05, 4.69) is 17.9 Å². The molecule has 0 bridgehead atoms. The third-order valence-corrected chi connectivity index (χ3v) is 3.93. The van der Waals surface area contributed by atoms with Crippen molar-refractivity contribution in [2.45, 2.75) is 0 Å². The summed E-state index contributed by atoms with van der Waals surface area (Å²) in [5.41, 5.74) is 3.06. The molecule has 4 heteroatoms. The molecule has 0 amide bonds. The Balaban J connectivity index is 2.11. The Morgan fingerprint density at radius 1 is 0.917 bits per heavy atom. The van der Waals surface area contributed by atoms with Crippen molar-refractivity contribution < 1.29 is 9.47 Å². The van der Waals surface area contributed by atoms with Gasteiger partial charge >= 0.3 is 0 Å². The van der Waals surface area contributed by atoms with Crippen LogP contribution < -0.4 is 9.47 Å². The molecule has 0 atom stereocenters. The van der Waals surface area contributed by atoms with Crippen molar-refractivity contribution >= 4 is 10.9 Å². The average Bonchev–Trinajstić information content (AvgIpc) is 2.91. The van der Waals surface area contributed by atoms with Gasteiger partial charge in [-0.25, -0.2) is 0 Å². The maximum Gasteiger partial charge on any atom is 0.120 e. The van der Waals surface area contributed by atoms with Crippen LogP contribution in [0.25, 0.3) is 10.9 Å². The van der Waals surface area contributed by atoms with Gasteiger partial charge in [-0.3, -0.25) is 0 Å². The van der Waals surface area contributed by atoms with Crippen molar-refractivity contribution in [2.75, 3.05) is 14.2 Å². The molecule has 4 nitrogen and oxygen atoms in total. The molecule has 0 saturated heterocycles. The molecule has 24 heavy (non-hydrogen) atoms. The molecule has 0 fully saturated rings. The van der Waals surface area contributed by atoms with E-state index in [4.69, 9.17) is 9.47 Å². The Hall–Kier alpha value is -3.37. The number of rotatable bonds is 2. The number of nitrogens with zero attached hydrogens (tertiary/aromatic N) is 2. The van der Waals surface area contributed by atoms with E-state index in [1.165, 1.54) is 0 Å². The van der Waals surface area contributed by atoms with Gasteiger partial charge < -0.3 is 14.0 Å². The van der Waals surface area contributed by atoms with Gasteiger partial charge in [-0.2, -0.15) is 5.26 Å². The normalized spacial score (nSPS) is 9.92. The predicted molar refractivity (Wildman–Crippen MR) is 93.2 cm³/mol. The number of ether oxygens (including phenoxy) is 2. The monoisotopic (exact) mass is 316 g/mol. The smallest absolute Gasteiger partial charge is 0.120 e. The second-order valence-corrected chi connectivity index (χ2v) is 5.26. The summed E-state index contributed by atoms with van der Waals surface area (Å²) in [6, 6.07) is 15.4. The quantitative estimate of drug-likeness (QED) is 0.680. The third-order valence-electron chi connectivity index (χ3n) is 3.93. The zero-order valence-corrected chi connectivity index (χ0v) is 13.8. The van der Waals surface area contributed by atoms with E-state index < -0.39 is 0 Å². The Bertz CT molecular complexity index is 997. The van der Waals surface area contributed by atoms with Crippen LogP contribution in [0.4, 0.5) is 0 Å². The highest BCUT2D eigenvalue weighted by molar-refractivity contribution is 5.90. The highest BCUT2D eigenvalue weighted by Gasteiger charge is 2.14. The molecule has 0 saturated carbocycles. The second-order valence-electron chi connectivity index (χ2n) is 5.26. The zero-order valence-electron chi connectivity index (χ0n) is 13.8. The molecular weight excluding hydrogens is 300 g/mol. The largest absolute Gasteiger partial charge is 0.497 e. The van der Waals surface area contributed by atoms with E-state index in [0.29, 0.717) is 11.3 Å². The molecule has 0 unspecified atom stereocenters. The van der Waals surface area contributed by atoms with Crippen molar-refractivity contribution in [2.24, 2.45) is 7.05 Å². The molecule has 0 radical (unpaired) electrons. The fourth-order valence-corrected chi connectivity index (χ4v) is 2.61. The van der Waals surface area contributed by atoms with Crippen LogP contribution in [0, 0.1) is 23.2 Å². The van der Waals surface area contributed by atoms with Gasteiger partial charge in [0, 0.05) is 24.1 Å². The number of aromatic nitrogens is 1. The van der Waals surface area contributed by atoms with Gasteiger partial charge in [-0.05, 0) is 42.3 Å². The summed E-state index contributed by atoms with van der Waals surface area (Å²) in [7, 11) is 5.16. The standard InChI is InChI=1S/C20H16N2O2/c1-22-19(11-6-14-4-7-15(23-2)8-5-14)18(13-21)17-10-9-16(24-3)12-20(17)22/h4-5,7-10,12H,1-3H3. The summed E-state index contributed by atoms with van der Waals surface area (Å²) < 4.78 is 12.3. The lowest BCUT2D eigenvalue weighted by Gasteiger charge is -2.01. The number of hydrogen-bond acceptors (Lipinski definition) is 3. The zero-order chi connectivity index (χ0) is 17.1. The first kappa shape index (κ1) is 15.5. The van der Waals surface area contributed by atoms with Crippen LogP contribution in [0.1, 0.15) is 16.8 Å². The average molecular weight is 316 g/mol. The Labute approximate surface area is 140 Å². The lowest BCUT2D eigenvalue weighted by Crippen LogP contribution is -1.93. The number of fused-ring (bicyclic) bond motifs is 1. The molecule has 0 aliphatic rings. The first-order chi connectivity index (χ1) is 11.7. The minimum absolute atomic E-state index is 0.580. The molecule has 0 aliphatic heterocycles. The maximum atomic E-state index is 9.54. The fraction of sp³-hybridized carbons (Fsp3) is 0.150. The summed E-state index contributed by atoms with van der Waals surface area (Å²) in [6.45, 7) is 0. The van der Waals surface area contributed by atoms with Crippen LogP contribution in [0.3, 0.4) is 0 Å². The Morgan fingerprint density at radius 2 is 1.58 bits per heavy atom. The molecule has 1 aromatic heterocycles. The van der Waals surface area contributed by atoms with Gasteiger partial charge in [0.25, 0.3) is 0 Å². The van der Waals surface area contributed by atoms with E-state index in [0.717, 1.165) is 28.0 Å². The lowest BCUT2D eigenvalue weighted by molar-refractivity contribution is 0.415. The molecule has 0 aliphatic carbocycles. The first-order valence-electron chi connectivity index (χ1n) is 7.40. The van der Waals surface area contributed by atoms with Crippen molar-refractivity contribution in [3.63, 3.8) is 0 Å². The SMILES string of the molecule is COc1ccc(C#Cc2c(C#N)c3ccc(OC)cc3n2C)cc1. The highest BCUT2D eigenvalue weighted by atomic mass is 16.5. The first-order valence-corrected chi connectivity index (χ1v) is 7.40. The molecule has 3 aromatic rings. The molecule has 0 N–H and O–H groups in total. The summed E-state index contributed by atoms with van der Waals surface area (Å²) in [6.07, 6.45) is 0. The summed E-state index contributed by atoms with van der Waals surface area (Å²) in [5.74, 6) is 7.77. The van der Waals surface area contributed by atoms with Crippen molar-refractivity contribution in [1.29, 1.82) is 5.26 Å². The number of aryl methyl sites for hydroxylation is 1. The van der Waals surface area contributed by atoms with Gasteiger partial charge in [-0.15, -0.1) is 0 Å². The summed E-state index contributed by atoms with van der Waals surface area (Å²) in [4.78, 5) is 0. The van der Waals surface area contributed by atoms with Gasteiger partial charge in [0.15, 0.2) is 0 Å². The van der Waals surface area contributed by atoms with E-state index in [1.807, 2.05) is 54.1 Å². The molecule has 2 aromatic carbocycles. The molecule has 0 spiro atoms. The van der Waals surface area contributed by atoms with Gasteiger partial charge in [-0.1, -0.05) is 5.92 Å². The van der Waals surface area contributed by atoms with Crippen LogP contribution in [0.15, 0.2) is 42.5 Å². The topological polar surface area (TPSA) is 47.2 Å². The molecule has 1 heterocycles. The predicted octanol–water partition coefficient (Wildman–Crippen LogP) is 3.47. The maximum absolute atomic E-state index is 9.54. The number of methoxy groups -OCH3 is 2. The van der Waals surface area contributed by atoms with Crippen LogP contribution in [0.5, 0.6) is 11.5 Å². The lowest BCUT2D eigenvalue weighted by atomic mass is 10.1. The highest BCUT2D eigenvalue weighted by Crippen LogP contribution is 2.27. The van der Waals surface area contributed by atoms with E-state index in [-0.39, 0.29) is 0 Å². The van der Waals surface area contributed by atoms with Gasteiger partial charge in [0.2, 0.25) is 0 Å². The minimum Gasteiger partial charge on any atom is -0.497 e.